The maximum Gasteiger partial charge on any atom is -0.147 e. The van der Waals surface area contributed by atoms with Gasteiger partial charge in [-0.2, -0.15) is 0 Å². The van der Waals surface area contributed by atoms with E-state index < -0.39 is 17.7 Å². The molecule has 0 spiro atoms. The van der Waals surface area contributed by atoms with E-state index in [2.05, 4.69) is 75.2 Å². The van der Waals surface area contributed by atoms with Crippen molar-refractivity contribution in [2.45, 2.75) is 46.1 Å². The summed E-state index contributed by atoms with van der Waals surface area (Å²) in [7, 11) is 0. The first-order chi connectivity index (χ1) is 9.28. The van der Waals surface area contributed by atoms with Gasteiger partial charge in [0.05, 0.1) is 0 Å². The van der Waals surface area contributed by atoms with Gasteiger partial charge in [-0.1, -0.05) is 0 Å². The summed E-state index contributed by atoms with van der Waals surface area (Å²) in [6.07, 6.45) is 2.33. The molecule has 0 saturated carbocycles. The molecule has 7 heteroatoms. The number of hydrogen-bond donors (Lipinski definition) is 1. The molecule has 1 unspecified atom stereocenters. The summed E-state index contributed by atoms with van der Waals surface area (Å²) in [4.78, 5) is 0. The summed E-state index contributed by atoms with van der Waals surface area (Å²) in [5, 5.41) is 0.818. The molecule has 0 aromatic heterocycles. The second-order valence-corrected chi connectivity index (χ2v) is 38.4. The van der Waals surface area contributed by atoms with Crippen LogP contribution in [0.1, 0.15) is 42.4 Å². The third-order valence-corrected chi connectivity index (χ3v) is 18.6. The molecule has 1 nitrogen and oxygen atoms in total. The summed E-state index contributed by atoms with van der Waals surface area (Å²) < 4.78 is 10.7. The van der Waals surface area contributed by atoms with Gasteiger partial charge in [0.15, 0.2) is 0 Å². The number of allylic oxidation sites excluding steroid dienone is 1. The minimum absolute atomic E-state index is 0. The van der Waals surface area contributed by atoms with Crippen molar-refractivity contribution in [3.8, 4) is 0 Å². The van der Waals surface area contributed by atoms with E-state index >= 15 is 0 Å². The molecule has 1 N–H and O–H groups in total. The van der Waals surface area contributed by atoms with Crippen molar-refractivity contribution in [2.75, 3.05) is 0 Å². The van der Waals surface area contributed by atoms with Gasteiger partial charge in [-0.3, -0.25) is 0 Å². The van der Waals surface area contributed by atoms with Gasteiger partial charge in [0.2, 0.25) is 0 Å². The standard InChI is InChI=1S/C10H7BrCl.C4H10N.2CH3.2ClH.H2Si.Zr/c1-6-2-7-4-8(12)5-10(11)9(7)3-6;1-4(2,3)5;;;;;;/h2-5H,1H3;5H,1-3H3;2*1H3;2*1H;1H2;/q;-1;;;;;;+1. The van der Waals surface area contributed by atoms with Crippen LogP contribution in [0.4, 0.5) is 0 Å². The monoisotopic (exact) mass is 535 g/mol. The molecular weight excluding hydrogens is 512 g/mol. The molecule has 1 aliphatic carbocycles. The fourth-order valence-electron chi connectivity index (χ4n) is 4.08. The van der Waals surface area contributed by atoms with E-state index in [0.29, 0.717) is 3.63 Å². The van der Waals surface area contributed by atoms with Gasteiger partial charge in [-0.25, -0.2) is 0 Å². The summed E-state index contributed by atoms with van der Waals surface area (Å²) in [6, 6.07) is 4.16. The quantitative estimate of drug-likeness (QED) is 0.453. The van der Waals surface area contributed by atoms with Crippen LogP contribution in [0.15, 0.2) is 22.2 Å². The molecule has 1 aromatic rings. The molecule has 1 aromatic carbocycles. The first kappa shape index (κ1) is 24.4. The first-order valence-electron chi connectivity index (χ1n) is 7.33. The topological polar surface area (TPSA) is 12.0 Å². The molecular formula is C16H27BrCl3NSiZr. The van der Waals surface area contributed by atoms with Gasteiger partial charge in [0, 0.05) is 0 Å². The van der Waals surface area contributed by atoms with Crippen molar-refractivity contribution in [2.24, 2.45) is 0 Å². The number of hydrogen-bond acceptors (Lipinski definition) is 1. The molecule has 2 rings (SSSR count). The Labute approximate surface area is 169 Å². The zero-order valence-corrected chi connectivity index (χ0v) is 22.4. The van der Waals surface area contributed by atoms with Crippen LogP contribution >= 0.6 is 52.3 Å². The van der Waals surface area contributed by atoms with Crippen molar-refractivity contribution in [3.05, 3.63) is 38.3 Å². The van der Waals surface area contributed by atoms with Crippen LogP contribution in [0.3, 0.4) is 0 Å². The van der Waals surface area contributed by atoms with Crippen LogP contribution < -0.4 is 3.26 Å². The van der Waals surface area contributed by atoms with Crippen molar-refractivity contribution < 1.29 is 17.7 Å². The van der Waals surface area contributed by atoms with E-state index in [-0.39, 0.29) is 30.4 Å². The van der Waals surface area contributed by atoms with Gasteiger partial charge in [0.25, 0.3) is 0 Å². The molecule has 0 saturated heterocycles. The molecule has 0 bridgehead atoms. The molecule has 0 aliphatic heterocycles. The number of nitrogens with one attached hydrogen (secondary N) is 1. The van der Waals surface area contributed by atoms with E-state index in [0.717, 1.165) is 9.50 Å². The molecule has 0 fully saturated rings. The summed E-state index contributed by atoms with van der Waals surface area (Å²) >= 11 is 6.87. The molecule has 1 aliphatic rings. The zero-order chi connectivity index (χ0) is 16.2. The van der Waals surface area contributed by atoms with Crippen LogP contribution in [0.5, 0.6) is 0 Å². The van der Waals surface area contributed by atoms with Crippen LogP contribution in [-0.4, -0.2) is 12.4 Å². The fourth-order valence-corrected chi connectivity index (χ4v) is 24.6. The van der Waals surface area contributed by atoms with E-state index in [1.807, 2.05) is 6.07 Å². The maximum atomic E-state index is 6.32. The smallest absolute Gasteiger partial charge is 0.147 e. The Balaban J connectivity index is 0.00000242. The summed E-state index contributed by atoms with van der Waals surface area (Å²) in [5.74, 6) is 0. The summed E-state index contributed by atoms with van der Waals surface area (Å²) in [5.41, 5.74) is 4.31. The molecule has 23 heavy (non-hydrogen) atoms. The van der Waals surface area contributed by atoms with Crippen molar-refractivity contribution in [3.63, 3.8) is 0 Å². The Bertz CT molecular complexity index is 704. The number of benzene rings is 1. The Morgan fingerprint density at radius 3 is 2.22 bits per heavy atom. The van der Waals surface area contributed by atoms with Crippen LogP contribution in [0.2, 0.25) is 14.3 Å². The van der Waals surface area contributed by atoms with Gasteiger partial charge < -0.3 is 0 Å². The largest absolute Gasteiger partial charge is 0.147 e. The van der Waals surface area contributed by atoms with Crippen molar-refractivity contribution >= 4 is 65.3 Å². The third kappa shape index (κ3) is 5.42. The van der Waals surface area contributed by atoms with Crippen molar-refractivity contribution in [1.29, 1.82) is 0 Å². The predicted molar refractivity (Wildman–Crippen MR) is 113 cm³/mol. The van der Waals surface area contributed by atoms with Crippen LogP contribution in [0, 0.1) is 0 Å². The Kier molecular flexibility index (Phi) is 7.99. The molecule has 0 heterocycles. The predicted octanol–water partition coefficient (Wildman–Crippen LogP) is 6.04. The minimum Gasteiger partial charge on any atom is -0.147 e. The van der Waals surface area contributed by atoms with E-state index in [1.54, 1.807) is 0 Å². The molecule has 132 valence electrons. The Morgan fingerprint density at radius 1 is 1.22 bits per heavy atom. The van der Waals surface area contributed by atoms with Crippen molar-refractivity contribution in [1.82, 2.24) is 3.26 Å². The first-order valence-corrected chi connectivity index (χ1v) is 22.0. The zero-order valence-electron chi connectivity index (χ0n) is 14.6. The van der Waals surface area contributed by atoms with Crippen LogP contribution in [0.25, 0.3) is 6.08 Å². The van der Waals surface area contributed by atoms with Crippen LogP contribution in [-0.2, 0) is 17.7 Å². The Morgan fingerprint density at radius 2 is 1.74 bits per heavy atom. The van der Waals surface area contributed by atoms with Gasteiger partial charge >= 0.3 is 146 Å². The Hall–Kier alpha value is 1.37. The fraction of sp³-hybridized carbons (Fsp3) is 0.500. The maximum absolute atomic E-state index is 6.32. The summed E-state index contributed by atoms with van der Waals surface area (Å²) in [6.45, 7) is 11.3. The SMILES string of the molecule is CC1=Cc2c(Br)cc(Cl)cc2[CH]1[Zr]([CH3])([CH3])(=[SiH2])[NH]C(C)(C)C.Cl.Cl. The molecule has 1 atom stereocenters. The van der Waals surface area contributed by atoms with E-state index in [9.17, 15) is 0 Å². The third-order valence-electron chi connectivity index (χ3n) is 3.98. The molecule has 0 radical (unpaired) electrons. The number of fused-ring (bicyclic) bond motifs is 1. The van der Waals surface area contributed by atoms with E-state index in [4.69, 9.17) is 11.6 Å². The average Bonchev–Trinajstić information content (AvgIpc) is 2.50. The van der Waals surface area contributed by atoms with Gasteiger partial charge in [-0.15, -0.1) is 24.8 Å². The van der Waals surface area contributed by atoms with Gasteiger partial charge in [0.1, 0.15) is 0 Å². The minimum atomic E-state index is -3.13. The second-order valence-electron chi connectivity index (χ2n) is 8.40. The normalized spacial score (nSPS) is 17.8. The van der Waals surface area contributed by atoms with E-state index in [1.165, 1.54) is 16.7 Å². The number of halogens is 4. The second kappa shape index (κ2) is 7.55. The number of rotatable bonds is 2. The van der Waals surface area contributed by atoms with Gasteiger partial charge in [-0.05, 0) is 0 Å². The average molecular weight is 539 g/mol. The molecule has 0 amide bonds.